The second kappa shape index (κ2) is 4.03. The van der Waals surface area contributed by atoms with Gasteiger partial charge in [0.05, 0.1) is 12.8 Å². The molecule has 0 aliphatic carbocycles. The number of hydrogen-bond donors (Lipinski definition) is 1. The monoisotopic (exact) mass is 298 g/mol. The van der Waals surface area contributed by atoms with Crippen LogP contribution in [-0.4, -0.2) is 23.4 Å². The van der Waals surface area contributed by atoms with Gasteiger partial charge >= 0.3 is 6.03 Å². The summed E-state index contributed by atoms with van der Waals surface area (Å²) in [5.41, 5.74) is -1.14. The second-order valence-corrected chi connectivity index (χ2v) is 5.06. The van der Waals surface area contributed by atoms with Gasteiger partial charge in [-0.05, 0) is 19.1 Å². The van der Waals surface area contributed by atoms with E-state index in [4.69, 9.17) is 4.42 Å². The zero-order valence-corrected chi connectivity index (χ0v) is 10.8. The Kier molecular flexibility index (Phi) is 2.82. The first-order chi connectivity index (χ1) is 7.95. The van der Waals surface area contributed by atoms with Crippen molar-refractivity contribution in [3.8, 4) is 0 Å². The summed E-state index contributed by atoms with van der Waals surface area (Å²) in [6.45, 7) is 5.37. The van der Waals surface area contributed by atoms with Gasteiger partial charge in [-0.2, -0.15) is 0 Å². The van der Waals surface area contributed by atoms with Crippen LogP contribution >= 0.6 is 15.9 Å². The average molecular weight is 299 g/mol. The third kappa shape index (κ3) is 1.88. The maximum atomic E-state index is 12.2. The highest BCUT2D eigenvalue weighted by atomic mass is 79.9. The molecule has 2 rings (SSSR count). The molecule has 17 heavy (non-hydrogen) atoms. The topological polar surface area (TPSA) is 62.6 Å². The number of hydrogen-bond acceptors (Lipinski definition) is 3. The minimum absolute atomic E-state index is 0.140. The first-order valence-corrected chi connectivity index (χ1v) is 5.76. The predicted octanol–water partition coefficient (Wildman–Crippen LogP) is 1.96. The quantitative estimate of drug-likeness (QED) is 0.868. The van der Waals surface area contributed by atoms with Crippen molar-refractivity contribution in [1.82, 2.24) is 10.2 Å². The van der Waals surface area contributed by atoms with E-state index in [2.05, 4.69) is 27.8 Å². The average Bonchev–Trinajstić information content (AvgIpc) is 2.83. The number of imide groups is 1. The van der Waals surface area contributed by atoms with E-state index in [1.165, 1.54) is 6.26 Å². The molecular formula is C11H11BrN2O3. The molecule has 5 nitrogen and oxygen atoms in total. The molecule has 1 saturated heterocycles. The van der Waals surface area contributed by atoms with E-state index in [0.717, 1.165) is 4.90 Å². The number of furan rings is 1. The summed E-state index contributed by atoms with van der Waals surface area (Å²) in [5.74, 6) is 0.0663. The van der Waals surface area contributed by atoms with Gasteiger partial charge in [0.15, 0.2) is 5.54 Å². The molecule has 1 unspecified atom stereocenters. The maximum absolute atomic E-state index is 12.2. The molecule has 0 aromatic carbocycles. The van der Waals surface area contributed by atoms with Crippen LogP contribution in [0.15, 0.2) is 33.9 Å². The number of halogens is 1. The highest BCUT2D eigenvalue weighted by Gasteiger charge is 2.50. The number of nitrogens with zero attached hydrogens (tertiary/aromatic N) is 1. The standard InChI is InChI=1S/C11H11BrN2O3/c1-7(12)6-14-9(15)11(2,13-10(14)16)8-4-3-5-17-8/h3-5H,1,6H2,2H3,(H,13,16). The Hall–Kier alpha value is -1.56. The molecule has 6 heteroatoms. The van der Waals surface area contributed by atoms with E-state index in [1.807, 2.05) is 0 Å². The van der Waals surface area contributed by atoms with E-state index >= 15 is 0 Å². The maximum Gasteiger partial charge on any atom is 0.325 e. The Bertz CT molecular complexity index is 483. The molecule has 0 spiro atoms. The van der Waals surface area contributed by atoms with Crippen molar-refractivity contribution in [3.05, 3.63) is 35.2 Å². The number of carbonyl (C=O) groups excluding carboxylic acids is 2. The van der Waals surface area contributed by atoms with Crippen molar-refractivity contribution in [2.45, 2.75) is 12.5 Å². The molecule has 1 aromatic rings. The van der Waals surface area contributed by atoms with Crippen LogP contribution < -0.4 is 5.32 Å². The molecule has 0 radical (unpaired) electrons. The lowest BCUT2D eigenvalue weighted by molar-refractivity contribution is -0.131. The number of amides is 3. The summed E-state index contributed by atoms with van der Waals surface area (Å²) < 4.78 is 5.76. The summed E-state index contributed by atoms with van der Waals surface area (Å²) in [6.07, 6.45) is 1.46. The van der Waals surface area contributed by atoms with E-state index < -0.39 is 11.6 Å². The van der Waals surface area contributed by atoms with Crippen LogP contribution in [0.5, 0.6) is 0 Å². The number of urea groups is 1. The zero-order chi connectivity index (χ0) is 12.6. The minimum atomic E-state index is -1.14. The second-order valence-electron chi connectivity index (χ2n) is 3.94. The molecule has 1 atom stereocenters. The van der Waals surface area contributed by atoms with Crippen molar-refractivity contribution in [3.63, 3.8) is 0 Å². The van der Waals surface area contributed by atoms with Crippen molar-refractivity contribution in [2.24, 2.45) is 0 Å². The summed E-state index contributed by atoms with van der Waals surface area (Å²) >= 11 is 3.13. The number of nitrogens with one attached hydrogen (secondary N) is 1. The van der Waals surface area contributed by atoms with Gasteiger partial charge in [-0.3, -0.25) is 9.69 Å². The first kappa shape index (κ1) is 11.9. The molecule has 3 amide bonds. The third-order valence-corrected chi connectivity index (χ3v) is 2.87. The molecule has 90 valence electrons. The van der Waals surface area contributed by atoms with Crippen LogP contribution in [0.25, 0.3) is 0 Å². The van der Waals surface area contributed by atoms with E-state index in [1.54, 1.807) is 19.1 Å². The van der Waals surface area contributed by atoms with Gasteiger partial charge in [-0.1, -0.05) is 22.5 Å². The van der Waals surface area contributed by atoms with Gasteiger partial charge in [0.2, 0.25) is 0 Å². The van der Waals surface area contributed by atoms with Crippen molar-refractivity contribution >= 4 is 27.9 Å². The van der Waals surface area contributed by atoms with Gasteiger partial charge in [-0.15, -0.1) is 0 Å². The van der Waals surface area contributed by atoms with Crippen molar-refractivity contribution in [1.29, 1.82) is 0 Å². The van der Waals surface area contributed by atoms with E-state index in [0.29, 0.717) is 10.2 Å². The van der Waals surface area contributed by atoms with Gasteiger partial charge in [0.25, 0.3) is 5.91 Å². The van der Waals surface area contributed by atoms with Gasteiger partial charge < -0.3 is 9.73 Å². The Morgan fingerprint density at radius 2 is 2.35 bits per heavy atom. The van der Waals surface area contributed by atoms with Gasteiger partial charge in [-0.25, -0.2) is 4.79 Å². The Morgan fingerprint density at radius 3 is 2.88 bits per heavy atom. The zero-order valence-electron chi connectivity index (χ0n) is 9.20. The molecule has 1 N–H and O–H groups in total. The normalized spacial score (nSPS) is 24.0. The molecule has 1 aromatic heterocycles. The molecule has 0 bridgehead atoms. The SMILES string of the molecule is C=C(Br)CN1C(=O)NC(C)(c2ccco2)C1=O. The van der Waals surface area contributed by atoms with E-state index in [-0.39, 0.29) is 12.5 Å². The van der Waals surface area contributed by atoms with Crippen molar-refractivity contribution < 1.29 is 14.0 Å². The lowest BCUT2D eigenvalue weighted by Gasteiger charge is -2.18. The number of rotatable bonds is 3. The fraction of sp³-hybridized carbons (Fsp3) is 0.273. The highest BCUT2D eigenvalue weighted by Crippen LogP contribution is 2.29. The van der Waals surface area contributed by atoms with Crippen molar-refractivity contribution in [2.75, 3.05) is 6.54 Å². The predicted molar refractivity (Wildman–Crippen MR) is 64.4 cm³/mol. The van der Waals surface area contributed by atoms with Crippen LogP contribution in [0, 0.1) is 0 Å². The lowest BCUT2D eigenvalue weighted by atomic mass is 9.99. The Morgan fingerprint density at radius 1 is 1.65 bits per heavy atom. The molecule has 1 aliphatic rings. The Balaban J connectivity index is 2.32. The molecule has 2 heterocycles. The van der Waals surface area contributed by atoms with Crippen LogP contribution in [0.3, 0.4) is 0 Å². The minimum Gasteiger partial charge on any atom is -0.466 e. The largest absolute Gasteiger partial charge is 0.466 e. The van der Waals surface area contributed by atoms with Crippen LogP contribution in [0.2, 0.25) is 0 Å². The molecule has 1 fully saturated rings. The summed E-state index contributed by atoms with van der Waals surface area (Å²) in [4.78, 5) is 25.0. The Labute approximate surface area is 107 Å². The summed E-state index contributed by atoms with van der Waals surface area (Å²) in [6, 6.07) is 2.88. The first-order valence-electron chi connectivity index (χ1n) is 4.96. The lowest BCUT2D eigenvalue weighted by Crippen LogP contribution is -2.40. The van der Waals surface area contributed by atoms with Crippen LogP contribution in [0.1, 0.15) is 12.7 Å². The van der Waals surface area contributed by atoms with E-state index in [9.17, 15) is 9.59 Å². The number of carbonyl (C=O) groups is 2. The van der Waals surface area contributed by atoms with Crippen LogP contribution in [0.4, 0.5) is 4.79 Å². The smallest absolute Gasteiger partial charge is 0.325 e. The fourth-order valence-corrected chi connectivity index (χ4v) is 1.99. The third-order valence-electron chi connectivity index (χ3n) is 2.62. The summed E-state index contributed by atoms with van der Waals surface area (Å²) in [5, 5.41) is 2.62. The van der Waals surface area contributed by atoms with Gasteiger partial charge in [0, 0.05) is 4.48 Å². The molecule has 0 saturated carbocycles. The molecule has 1 aliphatic heterocycles. The molecular weight excluding hydrogens is 288 g/mol. The highest BCUT2D eigenvalue weighted by molar-refractivity contribution is 9.11. The fourth-order valence-electron chi connectivity index (χ4n) is 1.74. The summed E-state index contributed by atoms with van der Waals surface area (Å²) in [7, 11) is 0. The van der Waals surface area contributed by atoms with Gasteiger partial charge in [0.1, 0.15) is 5.76 Å². The van der Waals surface area contributed by atoms with Crippen LogP contribution in [-0.2, 0) is 10.3 Å².